The van der Waals surface area contributed by atoms with E-state index in [0.29, 0.717) is 5.56 Å². The van der Waals surface area contributed by atoms with Crippen molar-refractivity contribution in [3.8, 4) is 61.3 Å². The van der Waals surface area contributed by atoms with Crippen LogP contribution in [-0.4, -0.2) is 4.57 Å². The zero-order valence-electron chi connectivity index (χ0n) is 32.2. The standard InChI is InChI=1S/C52H35N/c1-32-27-33(2)29-37(28-32)36-25-26-45-43(30-36)50-41-23-14-24-42-49(41)44(31-46(50)53(45)38-19-10-5-11-20-38)52-48(35-17-8-4-9-18-35)40-22-13-12-21-39(40)47(51(42)52)34-15-6-3-7-16-34/h3-31H,1-2H3/i1D3. The Kier molecular flexibility index (Phi) is 5.81. The second-order valence-corrected chi connectivity index (χ2v) is 14.3. The highest BCUT2D eigenvalue weighted by atomic mass is 15.0. The normalized spacial score (nSPS) is 13.0. The Morgan fingerprint density at radius 3 is 1.66 bits per heavy atom. The molecule has 1 aliphatic rings. The first-order chi connectivity index (χ1) is 27.3. The van der Waals surface area contributed by atoms with E-state index in [2.05, 4.69) is 168 Å². The van der Waals surface area contributed by atoms with E-state index in [1.807, 2.05) is 13.0 Å². The Hall–Kier alpha value is -6.70. The molecule has 1 aromatic heterocycles. The maximum Gasteiger partial charge on any atom is 0.0553 e. The minimum atomic E-state index is -2.19. The number of para-hydroxylation sites is 1. The SMILES string of the molecule is [2H]C([2H])([2H])c1cc(C)cc(-c2ccc3c(c2)c2c4cccc5c4c(cc2n3-c2ccccc2)-c2c-5c(-c3ccccc3)c3ccccc3c2-c2ccccc2)c1. The highest BCUT2D eigenvalue weighted by Crippen LogP contribution is 2.59. The van der Waals surface area contributed by atoms with Crippen molar-refractivity contribution >= 4 is 43.4 Å². The highest BCUT2D eigenvalue weighted by Gasteiger charge is 2.32. The van der Waals surface area contributed by atoms with Crippen LogP contribution < -0.4 is 0 Å². The summed E-state index contributed by atoms with van der Waals surface area (Å²) >= 11 is 0. The molecule has 0 radical (unpaired) electrons. The quantitative estimate of drug-likeness (QED) is 0.175. The summed E-state index contributed by atoms with van der Waals surface area (Å²) in [6.07, 6.45) is 0. The molecule has 53 heavy (non-hydrogen) atoms. The molecule has 11 rings (SSSR count). The van der Waals surface area contributed by atoms with Gasteiger partial charge in [-0.2, -0.15) is 0 Å². The van der Waals surface area contributed by atoms with E-state index in [4.69, 9.17) is 4.11 Å². The zero-order chi connectivity index (χ0) is 37.7. The number of benzene rings is 9. The van der Waals surface area contributed by atoms with Gasteiger partial charge in [-0.05, 0) is 121 Å². The van der Waals surface area contributed by atoms with Gasteiger partial charge in [0.1, 0.15) is 0 Å². The summed E-state index contributed by atoms with van der Waals surface area (Å²) in [5.41, 5.74) is 16.5. The molecule has 0 bridgehead atoms. The number of fused-ring (bicyclic) bond motifs is 8. The van der Waals surface area contributed by atoms with E-state index in [0.717, 1.165) is 38.8 Å². The fourth-order valence-corrected chi connectivity index (χ4v) is 9.17. The van der Waals surface area contributed by atoms with Crippen molar-refractivity contribution in [1.29, 1.82) is 0 Å². The van der Waals surface area contributed by atoms with Crippen molar-refractivity contribution < 1.29 is 4.11 Å². The predicted octanol–water partition coefficient (Wildman–Crippen LogP) is 14.4. The molecule has 1 nitrogen and oxygen atoms in total. The summed E-state index contributed by atoms with van der Waals surface area (Å²) in [7, 11) is 0. The summed E-state index contributed by atoms with van der Waals surface area (Å²) in [4.78, 5) is 0. The maximum absolute atomic E-state index is 8.18. The van der Waals surface area contributed by atoms with E-state index >= 15 is 0 Å². The molecular weight excluding hydrogens is 639 g/mol. The monoisotopic (exact) mass is 676 g/mol. The van der Waals surface area contributed by atoms with Crippen molar-refractivity contribution in [1.82, 2.24) is 4.57 Å². The predicted molar refractivity (Wildman–Crippen MR) is 226 cm³/mol. The smallest absolute Gasteiger partial charge is 0.0553 e. The van der Waals surface area contributed by atoms with Gasteiger partial charge in [0.25, 0.3) is 0 Å². The fraction of sp³-hybridized carbons (Fsp3) is 0.0385. The van der Waals surface area contributed by atoms with Crippen LogP contribution in [0.2, 0.25) is 0 Å². The summed E-state index contributed by atoms with van der Waals surface area (Å²) in [6, 6.07) is 62.8. The number of hydrogen-bond donors (Lipinski definition) is 0. The van der Waals surface area contributed by atoms with Crippen molar-refractivity contribution in [3.05, 3.63) is 187 Å². The highest BCUT2D eigenvalue weighted by molar-refractivity contribution is 6.34. The third-order valence-electron chi connectivity index (χ3n) is 11.2. The lowest BCUT2D eigenvalue weighted by Crippen LogP contribution is -1.95. The summed E-state index contributed by atoms with van der Waals surface area (Å²) in [5.74, 6) is 0. The Bertz CT molecular complexity index is 3210. The van der Waals surface area contributed by atoms with E-state index in [1.165, 1.54) is 71.4 Å². The van der Waals surface area contributed by atoms with E-state index in [1.54, 1.807) is 6.07 Å². The van der Waals surface area contributed by atoms with Gasteiger partial charge in [0.15, 0.2) is 0 Å². The van der Waals surface area contributed by atoms with Crippen LogP contribution >= 0.6 is 0 Å². The molecule has 10 aromatic rings. The molecule has 0 unspecified atom stereocenters. The number of aryl methyl sites for hydroxylation is 2. The number of rotatable bonds is 4. The van der Waals surface area contributed by atoms with E-state index in [-0.39, 0.29) is 0 Å². The van der Waals surface area contributed by atoms with Gasteiger partial charge in [-0.3, -0.25) is 0 Å². The molecule has 0 N–H and O–H groups in total. The summed E-state index contributed by atoms with van der Waals surface area (Å²) < 4.78 is 26.9. The molecule has 1 heteroatoms. The second-order valence-electron chi connectivity index (χ2n) is 14.3. The van der Waals surface area contributed by atoms with Gasteiger partial charge in [0.2, 0.25) is 0 Å². The molecule has 1 aliphatic carbocycles. The molecule has 1 heterocycles. The largest absolute Gasteiger partial charge is 0.309 e. The van der Waals surface area contributed by atoms with Crippen LogP contribution in [0.5, 0.6) is 0 Å². The van der Waals surface area contributed by atoms with Gasteiger partial charge in [-0.15, -0.1) is 0 Å². The van der Waals surface area contributed by atoms with Crippen LogP contribution in [-0.2, 0) is 0 Å². The first-order valence-electron chi connectivity index (χ1n) is 19.8. The van der Waals surface area contributed by atoms with Crippen molar-refractivity contribution in [3.63, 3.8) is 0 Å². The average molecular weight is 677 g/mol. The van der Waals surface area contributed by atoms with Gasteiger partial charge in [-0.1, -0.05) is 157 Å². The fourth-order valence-electron chi connectivity index (χ4n) is 9.17. The molecule has 0 saturated heterocycles. The minimum Gasteiger partial charge on any atom is -0.309 e. The minimum absolute atomic E-state index is 0.360. The van der Waals surface area contributed by atoms with Crippen LogP contribution in [0, 0.1) is 13.8 Å². The van der Waals surface area contributed by atoms with Gasteiger partial charge >= 0.3 is 0 Å². The van der Waals surface area contributed by atoms with Crippen LogP contribution in [0.25, 0.3) is 105 Å². The van der Waals surface area contributed by atoms with Gasteiger partial charge in [0.05, 0.1) is 11.0 Å². The van der Waals surface area contributed by atoms with Gasteiger partial charge < -0.3 is 4.57 Å². The van der Waals surface area contributed by atoms with Crippen LogP contribution in [0.1, 0.15) is 15.2 Å². The molecule has 0 spiro atoms. The van der Waals surface area contributed by atoms with Crippen molar-refractivity contribution in [2.45, 2.75) is 13.8 Å². The lowest BCUT2D eigenvalue weighted by atomic mass is 9.82. The average Bonchev–Trinajstić information content (AvgIpc) is 3.73. The number of aromatic nitrogens is 1. The second kappa shape index (κ2) is 11.4. The van der Waals surface area contributed by atoms with Gasteiger partial charge in [0, 0.05) is 20.6 Å². The van der Waals surface area contributed by atoms with Crippen molar-refractivity contribution in [2.24, 2.45) is 0 Å². The molecule has 0 aliphatic heterocycles. The molecular formula is C52H35N. The molecule has 0 atom stereocenters. The van der Waals surface area contributed by atoms with Crippen LogP contribution in [0.4, 0.5) is 0 Å². The molecule has 0 fully saturated rings. The van der Waals surface area contributed by atoms with Gasteiger partial charge in [-0.25, -0.2) is 0 Å². The third-order valence-corrected chi connectivity index (χ3v) is 11.2. The van der Waals surface area contributed by atoms with E-state index < -0.39 is 6.85 Å². The van der Waals surface area contributed by atoms with Crippen molar-refractivity contribution in [2.75, 3.05) is 0 Å². The molecule has 0 saturated carbocycles. The Balaban J connectivity index is 1.31. The first-order valence-corrected chi connectivity index (χ1v) is 18.3. The first kappa shape index (κ1) is 27.0. The summed E-state index contributed by atoms with van der Waals surface area (Å²) in [6.45, 7) is -0.220. The molecule has 0 amide bonds. The third kappa shape index (κ3) is 4.38. The molecule has 9 aromatic carbocycles. The zero-order valence-corrected chi connectivity index (χ0v) is 29.2. The topological polar surface area (TPSA) is 4.93 Å². The lowest BCUT2D eigenvalue weighted by Gasteiger charge is -2.20. The van der Waals surface area contributed by atoms with E-state index in [9.17, 15) is 0 Å². The number of hydrogen-bond acceptors (Lipinski definition) is 0. The number of nitrogens with zero attached hydrogens (tertiary/aromatic N) is 1. The Morgan fingerprint density at radius 1 is 0.377 bits per heavy atom. The van der Waals surface area contributed by atoms with Crippen LogP contribution in [0.3, 0.4) is 0 Å². The lowest BCUT2D eigenvalue weighted by molar-refractivity contribution is 1.18. The van der Waals surface area contributed by atoms with Crippen LogP contribution in [0.15, 0.2) is 176 Å². The summed E-state index contributed by atoms with van der Waals surface area (Å²) in [5, 5.41) is 7.27. The Labute approximate surface area is 313 Å². The Morgan fingerprint density at radius 2 is 0.981 bits per heavy atom. The maximum atomic E-state index is 8.18. The molecule has 248 valence electrons.